The van der Waals surface area contributed by atoms with Crippen molar-refractivity contribution in [3.05, 3.63) is 85.6 Å². The van der Waals surface area contributed by atoms with E-state index in [1.807, 2.05) is 20.0 Å². The minimum atomic E-state index is -0.405. The maximum Gasteiger partial charge on any atom is 0.270 e. The van der Waals surface area contributed by atoms with Crippen LogP contribution in [0, 0.1) is 27.2 Å². The van der Waals surface area contributed by atoms with Crippen molar-refractivity contribution in [1.29, 1.82) is 0 Å². The number of hydrogen-bond donors (Lipinski definition) is 0. The maximum atomic E-state index is 11.0. The first kappa shape index (κ1) is 19.4. The summed E-state index contributed by atoms with van der Waals surface area (Å²) in [6.07, 6.45) is 0.771. The van der Waals surface area contributed by atoms with Gasteiger partial charge in [0.2, 0.25) is 0 Å². The Balaban J connectivity index is 1.67. The second-order valence-corrected chi connectivity index (χ2v) is 6.80. The highest BCUT2D eigenvalue weighted by atomic mass is 16.6. The van der Waals surface area contributed by atoms with Crippen LogP contribution in [-0.4, -0.2) is 33.3 Å². The summed E-state index contributed by atoms with van der Waals surface area (Å²) in [6.45, 7) is 3.34. The minimum absolute atomic E-state index is 0.0605. The molecule has 8 heteroatoms. The largest absolute Gasteiger partial charge is 0.300 e. The third-order valence-electron chi connectivity index (χ3n) is 4.62. The van der Waals surface area contributed by atoms with Gasteiger partial charge in [0, 0.05) is 42.7 Å². The highest BCUT2D eigenvalue weighted by Gasteiger charge is 2.11. The van der Waals surface area contributed by atoms with Crippen molar-refractivity contribution < 1.29 is 9.85 Å². The zero-order valence-corrected chi connectivity index (χ0v) is 15.7. The van der Waals surface area contributed by atoms with E-state index in [0.717, 1.165) is 40.7 Å². The Labute approximate surface area is 161 Å². The van der Waals surface area contributed by atoms with E-state index in [4.69, 9.17) is 0 Å². The monoisotopic (exact) mass is 380 g/mol. The van der Waals surface area contributed by atoms with E-state index in [2.05, 4.69) is 9.88 Å². The van der Waals surface area contributed by atoms with Gasteiger partial charge in [-0.2, -0.15) is 0 Å². The van der Waals surface area contributed by atoms with Crippen LogP contribution < -0.4 is 0 Å². The Hall–Kier alpha value is -3.39. The molecule has 1 aromatic heterocycles. The van der Waals surface area contributed by atoms with Crippen LogP contribution in [0.3, 0.4) is 0 Å². The third-order valence-corrected chi connectivity index (χ3v) is 4.62. The fourth-order valence-corrected chi connectivity index (χ4v) is 3.11. The number of nitro groups is 2. The second-order valence-electron chi connectivity index (χ2n) is 6.80. The van der Waals surface area contributed by atoms with Crippen molar-refractivity contribution in [3.63, 3.8) is 0 Å². The number of benzene rings is 2. The van der Waals surface area contributed by atoms with Crippen molar-refractivity contribution in [2.75, 3.05) is 13.6 Å². The van der Waals surface area contributed by atoms with Crippen LogP contribution in [0.2, 0.25) is 0 Å². The van der Waals surface area contributed by atoms with E-state index in [1.165, 1.54) is 18.2 Å². The Bertz CT molecular complexity index is 1030. The molecule has 0 amide bonds. The van der Waals surface area contributed by atoms with Gasteiger partial charge >= 0.3 is 0 Å². The summed E-state index contributed by atoms with van der Waals surface area (Å²) in [5, 5.41) is 22.4. The van der Waals surface area contributed by atoms with Gasteiger partial charge in [-0.05, 0) is 43.7 Å². The molecule has 3 aromatic rings. The lowest BCUT2D eigenvalue weighted by Crippen LogP contribution is -2.21. The molecule has 144 valence electrons. The molecule has 0 saturated heterocycles. The van der Waals surface area contributed by atoms with Crippen molar-refractivity contribution in [1.82, 2.24) is 9.88 Å². The average molecular weight is 380 g/mol. The van der Waals surface area contributed by atoms with Crippen LogP contribution in [0.4, 0.5) is 11.4 Å². The summed E-state index contributed by atoms with van der Waals surface area (Å²) >= 11 is 0. The molecule has 28 heavy (non-hydrogen) atoms. The lowest BCUT2D eigenvalue weighted by Gasteiger charge is -2.17. The van der Waals surface area contributed by atoms with Crippen LogP contribution >= 0.6 is 0 Å². The molecule has 0 radical (unpaired) electrons. The highest BCUT2D eigenvalue weighted by Crippen LogP contribution is 2.23. The van der Waals surface area contributed by atoms with Gasteiger partial charge in [0.1, 0.15) is 0 Å². The zero-order valence-electron chi connectivity index (χ0n) is 15.7. The number of hydrogen-bond acceptors (Lipinski definition) is 6. The molecule has 8 nitrogen and oxygen atoms in total. The quantitative estimate of drug-likeness (QED) is 0.453. The molecule has 0 spiro atoms. The predicted octanol–water partition coefficient (Wildman–Crippen LogP) is 4.03. The van der Waals surface area contributed by atoms with Gasteiger partial charge in [-0.1, -0.05) is 12.1 Å². The molecule has 0 aliphatic rings. The number of non-ortho nitro benzene ring substituents is 2. The first-order chi connectivity index (χ1) is 13.3. The lowest BCUT2D eigenvalue weighted by atomic mass is 10.1. The number of aryl methyl sites for hydroxylation is 1. The SMILES string of the molecule is Cc1cc(CN(C)CCc2ccc([N+](=O)[O-])cc2)nc2ccc([N+](=O)[O-])cc12. The van der Waals surface area contributed by atoms with E-state index in [9.17, 15) is 20.2 Å². The van der Waals surface area contributed by atoms with Crippen LogP contribution in [-0.2, 0) is 13.0 Å². The van der Waals surface area contributed by atoms with Crippen molar-refractivity contribution in [3.8, 4) is 0 Å². The molecule has 0 unspecified atom stereocenters. The predicted molar refractivity (Wildman–Crippen MR) is 106 cm³/mol. The first-order valence-electron chi connectivity index (χ1n) is 8.80. The Morgan fingerprint density at radius 3 is 2.25 bits per heavy atom. The molecule has 0 aliphatic heterocycles. The van der Waals surface area contributed by atoms with E-state index >= 15 is 0 Å². The number of aromatic nitrogens is 1. The molecule has 1 heterocycles. The summed E-state index contributed by atoms with van der Waals surface area (Å²) in [5.74, 6) is 0. The van der Waals surface area contributed by atoms with E-state index in [1.54, 1.807) is 24.3 Å². The Morgan fingerprint density at radius 2 is 1.61 bits per heavy atom. The number of nitro benzene ring substituents is 2. The Morgan fingerprint density at radius 1 is 0.964 bits per heavy atom. The number of fused-ring (bicyclic) bond motifs is 1. The fourth-order valence-electron chi connectivity index (χ4n) is 3.11. The number of likely N-dealkylation sites (N-methyl/N-ethyl adjacent to an activating group) is 1. The third kappa shape index (κ3) is 4.47. The van der Waals surface area contributed by atoms with Crippen molar-refractivity contribution >= 4 is 22.3 Å². The molecule has 0 atom stereocenters. The number of pyridine rings is 1. The maximum absolute atomic E-state index is 11.0. The summed E-state index contributed by atoms with van der Waals surface area (Å²) in [6, 6.07) is 13.2. The average Bonchev–Trinajstić information content (AvgIpc) is 2.66. The first-order valence-corrected chi connectivity index (χ1v) is 8.80. The standard InChI is InChI=1S/C20H20N4O4/c1-14-11-16(21-20-8-7-18(24(27)28)12-19(14)20)13-22(2)10-9-15-3-5-17(6-4-15)23(25)26/h3-8,11-12H,9-10,13H2,1-2H3. The Kier molecular flexibility index (Phi) is 5.60. The molecule has 0 fully saturated rings. The van der Waals surface area contributed by atoms with Gasteiger partial charge < -0.3 is 4.90 Å². The minimum Gasteiger partial charge on any atom is -0.300 e. The van der Waals surface area contributed by atoms with Crippen LogP contribution in [0.25, 0.3) is 10.9 Å². The van der Waals surface area contributed by atoms with Crippen molar-refractivity contribution in [2.24, 2.45) is 0 Å². The topological polar surface area (TPSA) is 102 Å². The fraction of sp³-hybridized carbons (Fsp3) is 0.250. The molecule has 2 aromatic carbocycles. The smallest absolute Gasteiger partial charge is 0.270 e. The summed E-state index contributed by atoms with van der Waals surface area (Å²) in [4.78, 5) is 27.6. The summed E-state index contributed by atoms with van der Waals surface area (Å²) in [5.41, 5.74) is 3.77. The van der Waals surface area contributed by atoms with E-state index < -0.39 is 9.85 Å². The summed E-state index contributed by atoms with van der Waals surface area (Å²) in [7, 11) is 1.99. The molecular formula is C20H20N4O4. The van der Waals surface area contributed by atoms with Crippen LogP contribution in [0.1, 0.15) is 16.8 Å². The van der Waals surface area contributed by atoms with E-state index in [-0.39, 0.29) is 11.4 Å². The van der Waals surface area contributed by atoms with Gasteiger partial charge in [0.05, 0.1) is 21.1 Å². The molecule has 0 bridgehead atoms. The van der Waals surface area contributed by atoms with Gasteiger partial charge in [-0.25, -0.2) is 0 Å². The van der Waals surface area contributed by atoms with Gasteiger partial charge in [-0.3, -0.25) is 25.2 Å². The van der Waals surface area contributed by atoms with Gasteiger partial charge in [0.25, 0.3) is 11.4 Å². The van der Waals surface area contributed by atoms with Gasteiger partial charge in [-0.15, -0.1) is 0 Å². The number of nitrogens with zero attached hydrogens (tertiary/aromatic N) is 4. The normalized spacial score (nSPS) is 11.1. The molecular weight excluding hydrogens is 360 g/mol. The van der Waals surface area contributed by atoms with Crippen LogP contribution in [0.15, 0.2) is 48.5 Å². The number of rotatable bonds is 7. The van der Waals surface area contributed by atoms with Crippen LogP contribution in [0.5, 0.6) is 0 Å². The molecule has 0 saturated carbocycles. The van der Waals surface area contributed by atoms with E-state index in [0.29, 0.717) is 6.54 Å². The zero-order chi connectivity index (χ0) is 20.3. The molecule has 0 N–H and O–H groups in total. The molecule has 3 rings (SSSR count). The van der Waals surface area contributed by atoms with Gasteiger partial charge in [0.15, 0.2) is 0 Å². The summed E-state index contributed by atoms with van der Waals surface area (Å²) < 4.78 is 0. The highest BCUT2D eigenvalue weighted by molar-refractivity contribution is 5.84. The second kappa shape index (κ2) is 8.10. The lowest BCUT2D eigenvalue weighted by molar-refractivity contribution is -0.385. The van der Waals surface area contributed by atoms with Crippen molar-refractivity contribution in [2.45, 2.75) is 19.9 Å². The molecule has 0 aliphatic carbocycles.